The van der Waals surface area contributed by atoms with E-state index in [2.05, 4.69) is 36.4 Å². The molecule has 0 aliphatic carbocycles. The van der Waals surface area contributed by atoms with Crippen LogP contribution in [0.5, 0.6) is 0 Å². The molecule has 0 aliphatic heterocycles. The number of benzene rings is 5. The maximum atomic E-state index is 6.17. The maximum absolute atomic E-state index is 6.17. The van der Waals surface area contributed by atoms with E-state index in [1.165, 1.54) is 0 Å². The number of furan rings is 2. The Balaban J connectivity index is 1.32. The largest absolute Gasteiger partial charge is 0.456 e. The summed E-state index contributed by atoms with van der Waals surface area (Å²) in [6, 6.07) is 42.6. The summed E-state index contributed by atoms with van der Waals surface area (Å²) in [5, 5.41) is 3.14. The van der Waals surface area contributed by atoms with Gasteiger partial charge in [-0.2, -0.15) is 0 Å². The van der Waals surface area contributed by atoms with E-state index in [4.69, 9.17) is 23.8 Å². The van der Waals surface area contributed by atoms with Crippen molar-refractivity contribution in [2.24, 2.45) is 0 Å². The van der Waals surface area contributed by atoms with Crippen molar-refractivity contribution in [1.82, 2.24) is 15.0 Å². The Morgan fingerprint density at radius 3 is 1.88 bits per heavy atom. The molecule has 0 bridgehead atoms. The summed E-state index contributed by atoms with van der Waals surface area (Å²) in [5.41, 5.74) is 6.39. The van der Waals surface area contributed by atoms with Gasteiger partial charge in [-0.25, -0.2) is 15.0 Å². The average Bonchev–Trinajstić information content (AvgIpc) is 3.63. The molecular formula is C35H21N3O2. The summed E-state index contributed by atoms with van der Waals surface area (Å²) in [5.74, 6) is 2.19. The topological polar surface area (TPSA) is 65.0 Å². The fraction of sp³-hybridized carbons (Fsp3) is 0. The van der Waals surface area contributed by atoms with Crippen LogP contribution in [0.1, 0.15) is 0 Å². The number of para-hydroxylation sites is 2. The van der Waals surface area contributed by atoms with Crippen molar-refractivity contribution in [3.63, 3.8) is 0 Å². The molecule has 0 atom stereocenters. The summed E-state index contributed by atoms with van der Waals surface area (Å²) >= 11 is 0. The van der Waals surface area contributed by atoms with Gasteiger partial charge in [-0.15, -0.1) is 0 Å². The van der Waals surface area contributed by atoms with E-state index in [1.807, 2.05) is 91.0 Å². The number of hydrogen-bond donors (Lipinski definition) is 0. The highest BCUT2D eigenvalue weighted by molar-refractivity contribution is 6.05. The monoisotopic (exact) mass is 515 g/mol. The van der Waals surface area contributed by atoms with Gasteiger partial charge < -0.3 is 8.83 Å². The molecule has 188 valence electrons. The molecule has 0 fully saturated rings. The molecule has 3 heterocycles. The zero-order valence-electron chi connectivity index (χ0n) is 21.3. The number of aromatic nitrogens is 3. The Kier molecular flexibility index (Phi) is 5.07. The molecule has 8 aromatic rings. The van der Waals surface area contributed by atoms with Crippen LogP contribution in [-0.4, -0.2) is 15.0 Å². The van der Waals surface area contributed by atoms with Crippen LogP contribution in [0.3, 0.4) is 0 Å². The van der Waals surface area contributed by atoms with Gasteiger partial charge in [0, 0.05) is 27.3 Å². The van der Waals surface area contributed by atoms with Crippen LogP contribution < -0.4 is 0 Å². The van der Waals surface area contributed by atoms with E-state index < -0.39 is 0 Å². The summed E-state index contributed by atoms with van der Waals surface area (Å²) in [7, 11) is 0. The SMILES string of the molecule is c1ccc(-c2cccc(-c3nc(-c4ccc5c(c4)oc4ccccc45)nc(-c4cc5ccccc5o4)n3)c2)cc1. The maximum Gasteiger partial charge on any atom is 0.199 e. The number of rotatable bonds is 4. The third kappa shape index (κ3) is 3.84. The zero-order chi connectivity index (χ0) is 26.5. The van der Waals surface area contributed by atoms with E-state index in [0.717, 1.165) is 55.2 Å². The van der Waals surface area contributed by atoms with Crippen molar-refractivity contribution in [1.29, 1.82) is 0 Å². The first-order valence-corrected chi connectivity index (χ1v) is 13.1. The van der Waals surface area contributed by atoms with Gasteiger partial charge in [0.15, 0.2) is 23.2 Å². The summed E-state index contributed by atoms with van der Waals surface area (Å²) in [4.78, 5) is 14.7. The zero-order valence-corrected chi connectivity index (χ0v) is 21.3. The van der Waals surface area contributed by atoms with E-state index in [-0.39, 0.29) is 0 Å². The fourth-order valence-corrected chi connectivity index (χ4v) is 5.17. The Labute approximate surface area is 229 Å². The second kappa shape index (κ2) is 9.03. The highest BCUT2D eigenvalue weighted by Crippen LogP contribution is 2.34. The third-order valence-electron chi connectivity index (χ3n) is 7.15. The summed E-state index contributed by atoms with van der Waals surface area (Å²) in [6.07, 6.45) is 0. The molecule has 5 heteroatoms. The van der Waals surface area contributed by atoms with Crippen LogP contribution in [0.2, 0.25) is 0 Å². The predicted octanol–water partition coefficient (Wildman–Crippen LogP) is 9.19. The minimum Gasteiger partial charge on any atom is -0.456 e. The van der Waals surface area contributed by atoms with Gasteiger partial charge >= 0.3 is 0 Å². The van der Waals surface area contributed by atoms with Crippen molar-refractivity contribution in [2.45, 2.75) is 0 Å². The smallest absolute Gasteiger partial charge is 0.199 e. The number of nitrogens with zero attached hydrogens (tertiary/aromatic N) is 3. The average molecular weight is 516 g/mol. The Morgan fingerprint density at radius 2 is 1.02 bits per heavy atom. The first kappa shape index (κ1) is 22.4. The molecule has 0 spiro atoms. The lowest BCUT2D eigenvalue weighted by molar-refractivity contribution is 0.625. The lowest BCUT2D eigenvalue weighted by atomic mass is 10.0. The lowest BCUT2D eigenvalue weighted by Gasteiger charge is -2.08. The first-order chi connectivity index (χ1) is 19.8. The fourth-order valence-electron chi connectivity index (χ4n) is 5.17. The van der Waals surface area contributed by atoms with Crippen LogP contribution in [0.15, 0.2) is 136 Å². The molecule has 0 aliphatic rings. The van der Waals surface area contributed by atoms with E-state index in [1.54, 1.807) is 0 Å². The van der Waals surface area contributed by atoms with Crippen LogP contribution in [-0.2, 0) is 0 Å². The van der Waals surface area contributed by atoms with Crippen LogP contribution >= 0.6 is 0 Å². The first-order valence-electron chi connectivity index (χ1n) is 13.1. The van der Waals surface area contributed by atoms with Gasteiger partial charge in [0.1, 0.15) is 16.7 Å². The number of hydrogen-bond acceptors (Lipinski definition) is 5. The molecule has 0 unspecified atom stereocenters. The van der Waals surface area contributed by atoms with Crippen molar-refractivity contribution >= 4 is 32.9 Å². The van der Waals surface area contributed by atoms with Gasteiger partial charge in [-0.3, -0.25) is 0 Å². The molecule has 0 N–H and O–H groups in total. The molecule has 8 rings (SSSR count). The molecular weight excluding hydrogens is 494 g/mol. The third-order valence-corrected chi connectivity index (χ3v) is 7.15. The molecule has 40 heavy (non-hydrogen) atoms. The van der Waals surface area contributed by atoms with Gasteiger partial charge in [0.25, 0.3) is 0 Å². The van der Waals surface area contributed by atoms with Crippen LogP contribution in [0.25, 0.3) is 78.4 Å². The number of fused-ring (bicyclic) bond motifs is 4. The molecule has 5 nitrogen and oxygen atoms in total. The minimum absolute atomic E-state index is 0.478. The normalized spacial score (nSPS) is 11.5. The molecule has 0 saturated carbocycles. The van der Waals surface area contributed by atoms with Gasteiger partial charge in [-0.05, 0) is 47.5 Å². The van der Waals surface area contributed by atoms with Gasteiger partial charge in [0.05, 0.1) is 0 Å². The minimum atomic E-state index is 0.478. The molecule has 5 aromatic carbocycles. The summed E-state index contributed by atoms with van der Waals surface area (Å²) in [6.45, 7) is 0. The quantitative estimate of drug-likeness (QED) is 0.234. The van der Waals surface area contributed by atoms with Crippen molar-refractivity contribution in [2.75, 3.05) is 0 Å². The van der Waals surface area contributed by atoms with E-state index in [9.17, 15) is 0 Å². The second-order valence-electron chi connectivity index (χ2n) is 9.71. The standard InChI is InChI=1S/C35H21N3O2/c1-2-9-22(10-3-1)23-12-8-13-25(19-23)33-36-34(38-35(37-33)32-20-24-11-4-6-15-29(24)39-32)26-17-18-28-27-14-5-7-16-30(27)40-31(28)21-26/h1-21H. The summed E-state index contributed by atoms with van der Waals surface area (Å²) < 4.78 is 12.3. The Hall–Kier alpha value is -5.55. The van der Waals surface area contributed by atoms with E-state index >= 15 is 0 Å². The predicted molar refractivity (Wildman–Crippen MR) is 159 cm³/mol. The van der Waals surface area contributed by atoms with Crippen molar-refractivity contribution in [3.05, 3.63) is 127 Å². The lowest BCUT2D eigenvalue weighted by Crippen LogP contribution is -1.99. The molecule has 0 radical (unpaired) electrons. The van der Waals surface area contributed by atoms with Crippen LogP contribution in [0.4, 0.5) is 0 Å². The van der Waals surface area contributed by atoms with Crippen molar-refractivity contribution < 1.29 is 8.83 Å². The van der Waals surface area contributed by atoms with Gasteiger partial charge in [0.2, 0.25) is 0 Å². The van der Waals surface area contributed by atoms with Gasteiger partial charge in [-0.1, -0.05) is 91.0 Å². The van der Waals surface area contributed by atoms with Crippen LogP contribution in [0, 0.1) is 0 Å². The second-order valence-corrected chi connectivity index (χ2v) is 9.71. The highest BCUT2D eigenvalue weighted by Gasteiger charge is 2.17. The molecule has 3 aromatic heterocycles. The Bertz CT molecular complexity index is 2140. The van der Waals surface area contributed by atoms with E-state index in [0.29, 0.717) is 23.2 Å². The highest BCUT2D eigenvalue weighted by atomic mass is 16.3. The van der Waals surface area contributed by atoms with Crippen molar-refractivity contribution in [3.8, 4) is 45.5 Å². The molecule has 0 saturated heterocycles. The Morgan fingerprint density at radius 1 is 0.375 bits per heavy atom. The molecule has 0 amide bonds.